The lowest BCUT2D eigenvalue weighted by Gasteiger charge is -2.32. The molecule has 0 aliphatic carbocycles. The Hall–Kier alpha value is -1.07. The van der Waals surface area contributed by atoms with Gasteiger partial charge in [0.05, 0.1) is 5.69 Å². The predicted molar refractivity (Wildman–Crippen MR) is 73.1 cm³/mol. The van der Waals surface area contributed by atoms with Gasteiger partial charge in [-0.3, -0.25) is 0 Å². The van der Waals surface area contributed by atoms with Crippen LogP contribution in [0.25, 0.3) is 0 Å². The maximum atomic E-state index is 5.12. The van der Waals surface area contributed by atoms with E-state index in [1.54, 1.807) is 7.11 Å². The topological polar surface area (TPSA) is 42.3 Å². The van der Waals surface area contributed by atoms with E-state index in [9.17, 15) is 0 Å². The molecule has 5 nitrogen and oxygen atoms in total. The van der Waals surface area contributed by atoms with Crippen LogP contribution in [0.4, 0.5) is 5.95 Å². The number of ether oxygens (including phenoxy) is 1. The Morgan fingerprint density at radius 2 is 2.39 bits per heavy atom. The van der Waals surface area contributed by atoms with E-state index in [0.29, 0.717) is 6.04 Å². The fourth-order valence-electron chi connectivity index (χ4n) is 2.44. The van der Waals surface area contributed by atoms with Crippen LogP contribution in [-0.2, 0) is 11.3 Å². The molecule has 102 valence electrons. The lowest BCUT2D eigenvalue weighted by Crippen LogP contribution is -2.50. The molecule has 1 atom stereocenters. The van der Waals surface area contributed by atoms with E-state index in [-0.39, 0.29) is 0 Å². The zero-order valence-electron chi connectivity index (χ0n) is 11.6. The number of aryl methyl sites for hydroxylation is 2. The molecule has 2 heterocycles. The molecule has 0 amide bonds. The van der Waals surface area contributed by atoms with E-state index < -0.39 is 0 Å². The predicted octanol–water partition coefficient (Wildman–Crippen LogP) is 1.03. The Morgan fingerprint density at radius 1 is 1.56 bits per heavy atom. The molecule has 0 unspecified atom stereocenters. The number of nitrogens with one attached hydrogen (secondary N) is 1. The Bertz CT molecular complexity index is 377. The molecule has 1 saturated heterocycles. The second-order valence-corrected chi connectivity index (χ2v) is 5.02. The summed E-state index contributed by atoms with van der Waals surface area (Å²) in [5.41, 5.74) is 1.09. The number of anilines is 1. The maximum Gasteiger partial charge on any atom is 0.205 e. The first-order valence-corrected chi connectivity index (χ1v) is 6.71. The molecule has 1 N–H and O–H groups in total. The minimum absolute atomic E-state index is 0.531. The van der Waals surface area contributed by atoms with Crippen LogP contribution in [0.2, 0.25) is 0 Å². The highest BCUT2D eigenvalue weighted by Gasteiger charge is 2.20. The summed E-state index contributed by atoms with van der Waals surface area (Å²) in [6, 6.07) is 0.531. The maximum absolute atomic E-state index is 5.12. The molecule has 1 aromatic rings. The number of rotatable bonds is 5. The highest BCUT2D eigenvalue weighted by atomic mass is 16.5. The van der Waals surface area contributed by atoms with Crippen molar-refractivity contribution in [2.75, 3.05) is 38.3 Å². The number of nitrogens with zero attached hydrogens (tertiary/aromatic N) is 3. The summed E-state index contributed by atoms with van der Waals surface area (Å²) in [7, 11) is 1.75. The first-order valence-electron chi connectivity index (χ1n) is 6.71. The largest absolute Gasteiger partial charge is 0.385 e. The van der Waals surface area contributed by atoms with Crippen molar-refractivity contribution >= 4 is 5.95 Å². The minimum atomic E-state index is 0.531. The van der Waals surface area contributed by atoms with Crippen molar-refractivity contribution in [2.45, 2.75) is 32.9 Å². The third kappa shape index (κ3) is 3.23. The Morgan fingerprint density at radius 3 is 3.11 bits per heavy atom. The summed E-state index contributed by atoms with van der Waals surface area (Å²) in [4.78, 5) is 7.04. The van der Waals surface area contributed by atoms with E-state index >= 15 is 0 Å². The van der Waals surface area contributed by atoms with E-state index in [2.05, 4.69) is 39.8 Å². The monoisotopic (exact) mass is 252 g/mol. The number of hydrogen-bond donors (Lipinski definition) is 1. The molecule has 0 aromatic carbocycles. The number of piperazine rings is 1. The zero-order valence-corrected chi connectivity index (χ0v) is 11.6. The number of hydrogen-bond acceptors (Lipinski definition) is 4. The van der Waals surface area contributed by atoms with Crippen LogP contribution in [0.15, 0.2) is 6.20 Å². The van der Waals surface area contributed by atoms with Gasteiger partial charge in [0.15, 0.2) is 0 Å². The number of aromatic nitrogens is 2. The van der Waals surface area contributed by atoms with Crippen LogP contribution in [-0.4, -0.2) is 48.9 Å². The third-order valence-corrected chi connectivity index (χ3v) is 3.28. The molecular weight excluding hydrogens is 228 g/mol. The van der Waals surface area contributed by atoms with Gasteiger partial charge in [0.2, 0.25) is 5.95 Å². The van der Waals surface area contributed by atoms with Crippen molar-refractivity contribution in [3.8, 4) is 0 Å². The fourth-order valence-corrected chi connectivity index (χ4v) is 2.44. The Labute approximate surface area is 109 Å². The standard InChI is InChI=1S/C13H24N4O/c1-11-9-17(7-5-14-11)13-15-12(2)10-16(13)6-4-8-18-3/h10-11,14H,4-9H2,1-3H3/t11-/m1/s1. The van der Waals surface area contributed by atoms with Crippen molar-refractivity contribution in [1.29, 1.82) is 0 Å². The van der Waals surface area contributed by atoms with Crippen LogP contribution in [0.1, 0.15) is 19.0 Å². The molecule has 0 bridgehead atoms. The summed E-state index contributed by atoms with van der Waals surface area (Å²) in [5.74, 6) is 1.11. The molecule has 1 fully saturated rings. The quantitative estimate of drug-likeness (QED) is 0.795. The zero-order chi connectivity index (χ0) is 13.0. The van der Waals surface area contributed by atoms with Crippen LogP contribution in [0, 0.1) is 6.92 Å². The van der Waals surface area contributed by atoms with E-state index in [0.717, 1.165) is 50.8 Å². The van der Waals surface area contributed by atoms with Crippen molar-refractivity contribution < 1.29 is 4.74 Å². The Balaban J connectivity index is 2.05. The van der Waals surface area contributed by atoms with Gasteiger partial charge >= 0.3 is 0 Å². The molecule has 18 heavy (non-hydrogen) atoms. The molecule has 2 rings (SSSR count). The molecule has 5 heteroatoms. The summed E-state index contributed by atoms with van der Waals surface area (Å²) >= 11 is 0. The summed E-state index contributed by atoms with van der Waals surface area (Å²) < 4.78 is 7.37. The van der Waals surface area contributed by atoms with E-state index in [1.807, 2.05) is 0 Å². The van der Waals surface area contributed by atoms with Crippen LogP contribution in [0.5, 0.6) is 0 Å². The van der Waals surface area contributed by atoms with Crippen molar-refractivity contribution in [3.05, 3.63) is 11.9 Å². The molecule has 1 aliphatic heterocycles. The van der Waals surface area contributed by atoms with Gasteiger partial charge in [-0.15, -0.1) is 0 Å². The summed E-state index contributed by atoms with van der Waals surface area (Å²) in [6.45, 7) is 9.15. The van der Waals surface area contributed by atoms with E-state index in [4.69, 9.17) is 4.74 Å². The minimum Gasteiger partial charge on any atom is -0.385 e. The van der Waals surface area contributed by atoms with Gasteiger partial charge in [0.1, 0.15) is 0 Å². The SMILES string of the molecule is COCCCn1cc(C)nc1N1CCN[C@H](C)C1. The van der Waals surface area contributed by atoms with Gasteiger partial charge < -0.3 is 19.5 Å². The molecule has 1 aliphatic rings. The van der Waals surface area contributed by atoms with Crippen molar-refractivity contribution in [1.82, 2.24) is 14.9 Å². The van der Waals surface area contributed by atoms with Crippen LogP contribution in [0.3, 0.4) is 0 Å². The summed E-state index contributed by atoms with van der Waals surface area (Å²) in [6.07, 6.45) is 3.17. The second-order valence-electron chi connectivity index (χ2n) is 5.02. The smallest absolute Gasteiger partial charge is 0.205 e. The lowest BCUT2D eigenvalue weighted by molar-refractivity contribution is 0.190. The van der Waals surface area contributed by atoms with Crippen LogP contribution >= 0.6 is 0 Å². The second kappa shape index (κ2) is 6.20. The van der Waals surface area contributed by atoms with Gasteiger partial charge in [-0.25, -0.2) is 4.98 Å². The first kappa shape index (κ1) is 13.4. The highest BCUT2D eigenvalue weighted by molar-refractivity contribution is 5.34. The third-order valence-electron chi connectivity index (χ3n) is 3.28. The summed E-state index contributed by atoms with van der Waals surface area (Å²) in [5, 5.41) is 3.46. The van der Waals surface area contributed by atoms with Gasteiger partial charge in [0.25, 0.3) is 0 Å². The van der Waals surface area contributed by atoms with Gasteiger partial charge in [-0.1, -0.05) is 0 Å². The van der Waals surface area contributed by atoms with Crippen molar-refractivity contribution in [2.24, 2.45) is 0 Å². The molecule has 0 saturated carbocycles. The highest BCUT2D eigenvalue weighted by Crippen LogP contribution is 2.16. The number of imidazole rings is 1. The average molecular weight is 252 g/mol. The number of methoxy groups -OCH3 is 1. The van der Waals surface area contributed by atoms with Crippen molar-refractivity contribution in [3.63, 3.8) is 0 Å². The van der Waals surface area contributed by atoms with Gasteiger partial charge in [-0.05, 0) is 20.3 Å². The normalized spacial score (nSPS) is 20.4. The van der Waals surface area contributed by atoms with Gasteiger partial charge in [-0.2, -0.15) is 0 Å². The molecular formula is C13H24N4O. The average Bonchev–Trinajstić information content (AvgIpc) is 2.71. The molecule has 0 spiro atoms. The Kier molecular flexibility index (Phi) is 4.60. The molecule has 1 aromatic heterocycles. The van der Waals surface area contributed by atoms with Crippen LogP contribution < -0.4 is 10.2 Å². The fraction of sp³-hybridized carbons (Fsp3) is 0.769. The molecule has 0 radical (unpaired) electrons. The van der Waals surface area contributed by atoms with E-state index in [1.165, 1.54) is 0 Å². The lowest BCUT2D eigenvalue weighted by atomic mass is 10.2. The van der Waals surface area contributed by atoms with Gasteiger partial charge in [0, 0.05) is 52.1 Å². The first-order chi connectivity index (χ1) is 8.70.